The molecule has 1 fully saturated rings. The van der Waals surface area contributed by atoms with Crippen molar-refractivity contribution in [3.63, 3.8) is 0 Å². The summed E-state index contributed by atoms with van der Waals surface area (Å²) in [5, 5.41) is 2.64. The van der Waals surface area contributed by atoms with E-state index in [0.29, 0.717) is 5.56 Å². The fraction of sp³-hybridized carbons (Fsp3) is 0.278. The molecule has 1 aliphatic carbocycles. The van der Waals surface area contributed by atoms with Gasteiger partial charge in [-0.05, 0) is 23.3 Å². The Labute approximate surface area is 147 Å². The molecule has 3 nitrogen and oxygen atoms in total. The number of rotatable bonds is 4. The number of alkyl halides is 2. The maximum Gasteiger partial charge on any atom is 0.408 e. The van der Waals surface area contributed by atoms with Gasteiger partial charge < -0.3 is 10.1 Å². The van der Waals surface area contributed by atoms with Gasteiger partial charge in [-0.2, -0.15) is 0 Å². The van der Waals surface area contributed by atoms with Crippen LogP contribution in [0.4, 0.5) is 13.6 Å². The van der Waals surface area contributed by atoms with Crippen molar-refractivity contribution < 1.29 is 18.3 Å². The van der Waals surface area contributed by atoms with Gasteiger partial charge in [-0.25, -0.2) is 13.6 Å². The van der Waals surface area contributed by atoms with Crippen LogP contribution in [0.2, 0.25) is 0 Å². The molecule has 0 aromatic heterocycles. The average Bonchev–Trinajstić information content (AvgIpc) is 2.52. The van der Waals surface area contributed by atoms with Gasteiger partial charge in [0, 0.05) is 17.3 Å². The van der Waals surface area contributed by atoms with Crippen molar-refractivity contribution in [3.8, 4) is 0 Å². The van der Waals surface area contributed by atoms with Gasteiger partial charge in [-0.15, -0.1) is 0 Å². The Bertz CT molecular complexity index is 712. The quantitative estimate of drug-likeness (QED) is 0.790. The summed E-state index contributed by atoms with van der Waals surface area (Å²) in [6, 6.07) is 16.2. The highest BCUT2D eigenvalue weighted by molar-refractivity contribution is 9.10. The summed E-state index contributed by atoms with van der Waals surface area (Å²) in [4.78, 5) is 12.1. The predicted molar refractivity (Wildman–Crippen MR) is 89.8 cm³/mol. The molecular formula is C18H16BrF2NO2. The Kier molecular flexibility index (Phi) is 4.58. The van der Waals surface area contributed by atoms with E-state index >= 15 is 0 Å². The zero-order valence-corrected chi connectivity index (χ0v) is 14.4. The number of hydrogen-bond donors (Lipinski definition) is 1. The average molecular weight is 396 g/mol. The summed E-state index contributed by atoms with van der Waals surface area (Å²) in [7, 11) is 0. The number of alkyl carbamates (subject to hydrolysis) is 1. The van der Waals surface area contributed by atoms with Gasteiger partial charge in [0.15, 0.2) is 0 Å². The number of carbonyl (C=O) groups excluding carboxylic acids is 1. The fourth-order valence-corrected chi connectivity index (χ4v) is 3.18. The Hall–Kier alpha value is -1.95. The van der Waals surface area contributed by atoms with Crippen molar-refractivity contribution in [1.29, 1.82) is 0 Å². The zero-order chi connectivity index (χ0) is 17.2. The molecule has 0 unspecified atom stereocenters. The van der Waals surface area contributed by atoms with Crippen LogP contribution in [0.5, 0.6) is 0 Å². The first-order chi connectivity index (χ1) is 11.4. The third-order valence-electron chi connectivity index (χ3n) is 4.07. The number of benzene rings is 2. The molecule has 0 bridgehead atoms. The fourth-order valence-electron chi connectivity index (χ4n) is 2.92. The van der Waals surface area contributed by atoms with Crippen LogP contribution >= 0.6 is 15.9 Å². The molecule has 1 N–H and O–H groups in total. The molecule has 1 amide bonds. The lowest BCUT2D eigenvalue weighted by Gasteiger charge is -2.47. The third kappa shape index (κ3) is 3.75. The van der Waals surface area contributed by atoms with Crippen LogP contribution < -0.4 is 5.32 Å². The van der Waals surface area contributed by atoms with Gasteiger partial charge in [0.1, 0.15) is 6.61 Å². The largest absolute Gasteiger partial charge is 0.445 e. The molecule has 2 aromatic carbocycles. The van der Waals surface area contributed by atoms with Crippen LogP contribution in [0, 0.1) is 0 Å². The first kappa shape index (κ1) is 16.9. The van der Waals surface area contributed by atoms with Crippen LogP contribution in [0.15, 0.2) is 59.1 Å². The highest BCUT2D eigenvalue weighted by Gasteiger charge is 2.58. The number of hydrogen-bond acceptors (Lipinski definition) is 2. The monoisotopic (exact) mass is 395 g/mol. The number of ether oxygens (including phenoxy) is 1. The third-order valence-corrected chi connectivity index (χ3v) is 4.60. The number of amides is 1. The normalized spacial score (nSPS) is 17.6. The second kappa shape index (κ2) is 6.51. The van der Waals surface area contributed by atoms with E-state index in [1.54, 1.807) is 24.3 Å². The summed E-state index contributed by atoms with van der Waals surface area (Å²) in [6.45, 7) is 0.0967. The second-order valence-corrected chi connectivity index (χ2v) is 6.90. The van der Waals surface area contributed by atoms with Crippen molar-refractivity contribution in [3.05, 3.63) is 70.2 Å². The minimum Gasteiger partial charge on any atom is -0.445 e. The Balaban J connectivity index is 1.69. The summed E-state index contributed by atoms with van der Waals surface area (Å²) < 4.78 is 33.0. The van der Waals surface area contributed by atoms with E-state index in [9.17, 15) is 13.6 Å². The maximum atomic E-state index is 13.5. The smallest absolute Gasteiger partial charge is 0.408 e. The van der Waals surface area contributed by atoms with Gasteiger partial charge in [0.05, 0.1) is 5.54 Å². The zero-order valence-electron chi connectivity index (χ0n) is 12.8. The number of carbonyl (C=O) groups is 1. The topological polar surface area (TPSA) is 38.3 Å². The Morgan fingerprint density at radius 2 is 1.71 bits per heavy atom. The Morgan fingerprint density at radius 3 is 2.29 bits per heavy atom. The molecule has 24 heavy (non-hydrogen) atoms. The molecule has 0 saturated heterocycles. The minimum absolute atomic E-state index is 0.0967. The lowest BCUT2D eigenvalue weighted by Crippen LogP contribution is -2.59. The molecule has 3 rings (SSSR count). The van der Waals surface area contributed by atoms with E-state index in [4.69, 9.17) is 4.74 Å². The van der Waals surface area contributed by atoms with E-state index in [1.807, 2.05) is 30.3 Å². The lowest BCUT2D eigenvalue weighted by molar-refractivity contribution is -0.135. The molecule has 0 aliphatic heterocycles. The number of halogens is 3. The van der Waals surface area contributed by atoms with Crippen molar-refractivity contribution in [2.45, 2.75) is 30.9 Å². The van der Waals surface area contributed by atoms with Crippen LogP contribution in [0.3, 0.4) is 0 Å². The van der Waals surface area contributed by atoms with Crippen LogP contribution in [-0.2, 0) is 16.9 Å². The van der Waals surface area contributed by atoms with Crippen molar-refractivity contribution in [1.82, 2.24) is 5.32 Å². The van der Waals surface area contributed by atoms with E-state index in [0.717, 1.165) is 10.0 Å². The molecule has 0 spiro atoms. The first-order valence-corrected chi connectivity index (χ1v) is 8.31. The summed E-state index contributed by atoms with van der Waals surface area (Å²) in [6.07, 6.45) is -1.55. The summed E-state index contributed by atoms with van der Waals surface area (Å²) in [5.41, 5.74) is 0.399. The van der Waals surface area contributed by atoms with E-state index < -0.39 is 30.4 Å². The molecule has 6 heteroatoms. The van der Waals surface area contributed by atoms with Crippen molar-refractivity contribution >= 4 is 22.0 Å². The highest BCUT2D eigenvalue weighted by atomic mass is 79.9. The van der Waals surface area contributed by atoms with Crippen LogP contribution in [0.1, 0.15) is 24.0 Å². The minimum atomic E-state index is -2.78. The van der Waals surface area contributed by atoms with Gasteiger partial charge in [0.25, 0.3) is 5.92 Å². The molecular weight excluding hydrogens is 380 g/mol. The first-order valence-electron chi connectivity index (χ1n) is 7.51. The molecule has 126 valence electrons. The lowest BCUT2D eigenvalue weighted by atomic mass is 9.69. The van der Waals surface area contributed by atoms with Crippen LogP contribution in [0.25, 0.3) is 0 Å². The van der Waals surface area contributed by atoms with E-state index in [-0.39, 0.29) is 6.61 Å². The highest BCUT2D eigenvalue weighted by Crippen LogP contribution is 2.51. The van der Waals surface area contributed by atoms with Gasteiger partial charge in [-0.1, -0.05) is 58.4 Å². The second-order valence-electron chi connectivity index (χ2n) is 5.99. The van der Waals surface area contributed by atoms with Crippen molar-refractivity contribution in [2.75, 3.05) is 0 Å². The predicted octanol–water partition coefficient (Wildman–Crippen LogP) is 5.00. The molecule has 1 saturated carbocycles. The molecule has 0 radical (unpaired) electrons. The van der Waals surface area contributed by atoms with Gasteiger partial charge in [0.2, 0.25) is 0 Å². The Morgan fingerprint density at radius 1 is 1.08 bits per heavy atom. The molecule has 0 atom stereocenters. The number of nitrogens with one attached hydrogen (secondary N) is 1. The van der Waals surface area contributed by atoms with Gasteiger partial charge in [-0.3, -0.25) is 0 Å². The summed E-state index contributed by atoms with van der Waals surface area (Å²) >= 11 is 3.32. The van der Waals surface area contributed by atoms with Crippen LogP contribution in [-0.4, -0.2) is 12.0 Å². The van der Waals surface area contributed by atoms with Crippen molar-refractivity contribution in [2.24, 2.45) is 0 Å². The van der Waals surface area contributed by atoms with E-state index in [2.05, 4.69) is 21.2 Å². The molecule has 0 heterocycles. The maximum absolute atomic E-state index is 13.5. The van der Waals surface area contributed by atoms with E-state index in [1.165, 1.54) is 0 Å². The SMILES string of the molecule is O=C(NC1(c2ccc(Br)cc2)CC(F)(F)C1)OCc1ccccc1. The standard InChI is InChI=1S/C18H16BrF2NO2/c19-15-8-6-14(7-9-15)17(11-18(20,21)12-17)22-16(23)24-10-13-4-2-1-3-5-13/h1-9H,10-12H2,(H,22,23). The molecule has 2 aromatic rings. The summed E-state index contributed by atoms with van der Waals surface area (Å²) in [5.74, 6) is -2.78. The van der Waals surface area contributed by atoms with Gasteiger partial charge >= 0.3 is 6.09 Å². The molecule has 1 aliphatic rings.